The van der Waals surface area contributed by atoms with Gasteiger partial charge >= 0.3 is 6.18 Å². The van der Waals surface area contributed by atoms with Crippen LogP contribution in [0.1, 0.15) is 5.69 Å². The molecule has 0 radical (unpaired) electrons. The number of halogens is 4. The molecule has 0 saturated carbocycles. The van der Waals surface area contributed by atoms with E-state index >= 15 is 0 Å². The zero-order chi connectivity index (χ0) is 14.2. The van der Waals surface area contributed by atoms with Crippen molar-refractivity contribution in [2.45, 2.75) is 6.18 Å². The molecule has 2 aromatic rings. The molecule has 0 aliphatic carbocycles. The highest BCUT2D eigenvalue weighted by Crippen LogP contribution is 2.31. The average molecular weight is 273 g/mol. The lowest BCUT2D eigenvalue weighted by atomic mass is 10.2. The summed E-state index contributed by atoms with van der Waals surface area (Å²) < 4.78 is 52.4. The molecule has 0 spiro atoms. The van der Waals surface area contributed by atoms with Crippen LogP contribution in [0.3, 0.4) is 0 Å². The molecule has 19 heavy (non-hydrogen) atoms. The van der Waals surface area contributed by atoms with Crippen LogP contribution in [0, 0.1) is 5.82 Å². The summed E-state index contributed by atoms with van der Waals surface area (Å²) in [4.78, 5) is 3.50. The third-order valence-corrected chi connectivity index (χ3v) is 2.66. The smallest absolute Gasteiger partial charge is 0.386 e. The van der Waals surface area contributed by atoms with Gasteiger partial charge in [0.2, 0.25) is 0 Å². The Morgan fingerprint density at radius 2 is 1.95 bits per heavy atom. The monoisotopic (exact) mass is 273 g/mol. The van der Waals surface area contributed by atoms with Crippen LogP contribution in [0.25, 0.3) is 11.4 Å². The summed E-state index contributed by atoms with van der Waals surface area (Å²) >= 11 is 0. The van der Waals surface area contributed by atoms with Crippen LogP contribution >= 0.6 is 0 Å². The Bertz CT molecular complexity index is 602. The number of alkyl halides is 3. The highest BCUT2D eigenvalue weighted by Gasteiger charge is 2.34. The van der Waals surface area contributed by atoms with Crippen LogP contribution in [-0.4, -0.2) is 16.6 Å². The molecule has 1 aromatic carbocycles. The van der Waals surface area contributed by atoms with E-state index in [4.69, 9.17) is 0 Å². The summed E-state index contributed by atoms with van der Waals surface area (Å²) in [5.41, 5.74) is -0.438. The van der Waals surface area contributed by atoms with Crippen LogP contribution in [0.2, 0.25) is 0 Å². The number of rotatable bonds is 2. The lowest BCUT2D eigenvalue weighted by Crippen LogP contribution is -2.04. The molecule has 0 aliphatic rings. The Morgan fingerprint density at radius 3 is 2.42 bits per heavy atom. The summed E-state index contributed by atoms with van der Waals surface area (Å²) in [5, 5.41) is 2.64. The van der Waals surface area contributed by atoms with Crippen LogP contribution < -0.4 is 5.32 Å². The van der Waals surface area contributed by atoms with Crippen LogP contribution in [-0.2, 0) is 13.2 Å². The molecular weight excluding hydrogens is 262 g/mol. The molecule has 2 rings (SSSR count). The van der Waals surface area contributed by atoms with Gasteiger partial charge in [-0.1, -0.05) is 0 Å². The quantitative estimate of drug-likeness (QED) is 0.851. The number of hydrogen-bond donors (Lipinski definition) is 1. The maximum absolute atomic E-state index is 13.6. The number of benzene rings is 1. The molecule has 0 bridgehead atoms. The Balaban J connectivity index is 2.48. The molecule has 7 heteroatoms. The molecule has 0 aliphatic heterocycles. The molecule has 1 aromatic heterocycles. The normalized spacial score (nSPS) is 11.7. The number of anilines is 1. The Labute approximate surface area is 106 Å². The van der Waals surface area contributed by atoms with Gasteiger partial charge in [-0.2, -0.15) is 13.2 Å². The topological polar surface area (TPSA) is 29.9 Å². The van der Waals surface area contributed by atoms with Gasteiger partial charge in [0, 0.05) is 25.9 Å². The van der Waals surface area contributed by atoms with E-state index < -0.39 is 17.7 Å². The molecule has 0 saturated heterocycles. The number of aryl methyl sites for hydroxylation is 1. The first-order valence-electron chi connectivity index (χ1n) is 5.41. The fraction of sp³-hybridized carbons (Fsp3) is 0.250. The average Bonchev–Trinajstić information content (AvgIpc) is 2.71. The standard InChI is InChI=1S/C12H11F4N3/c1-17-9-4-3-7(5-8(9)13)11-18-10(6-19(11)2)12(14,15)16/h3-6,17H,1-2H3. The van der Waals surface area contributed by atoms with Crippen LogP contribution in [0.4, 0.5) is 23.2 Å². The Hall–Kier alpha value is -2.05. The van der Waals surface area contributed by atoms with Gasteiger partial charge in [-0.05, 0) is 18.2 Å². The van der Waals surface area contributed by atoms with Crippen molar-refractivity contribution in [2.24, 2.45) is 7.05 Å². The molecule has 0 unspecified atom stereocenters. The van der Waals surface area contributed by atoms with E-state index in [2.05, 4.69) is 10.3 Å². The summed E-state index contributed by atoms with van der Waals surface area (Å²) in [6.45, 7) is 0. The number of hydrogen-bond acceptors (Lipinski definition) is 2. The molecule has 1 heterocycles. The van der Waals surface area contributed by atoms with Crippen molar-refractivity contribution in [3.8, 4) is 11.4 Å². The minimum absolute atomic E-state index is 0.0638. The molecule has 0 atom stereocenters. The van der Waals surface area contributed by atoms with Crippen molar-refractivity contribution in [2.75, 3.05) is 12.4 Å². The molecule has 102 valence electrons. The van der Waals surface area contributed by atoms with Crippen LogP contribution in [0.5, 0.6) is 0 Å². The summed E-state index contributed by atoms with van der Waals surface area (Å²) in [6.07, 6.45) is -3.64. The van der Waals surface area contributed by atoms with E-state index in [1.54, 1.807) is 7.05 Å². The second-order valence-electron chi connectivity index (χ2n) is 4.00. The molecule has 0 amide bonds. The summed E-state index contributed by atoms with van der Waals surface area (Å²) in [5.74, 6) is -0.481. The SMILES string of the molecule is CNc1ccc(-c2nc(C(F)(F)F)cn2C)cc1F. The highest BCUT2D eigenvalue weighted by molar-refractivity contribution is 5.61. The highest BCUT2D eigenvalue weighted by atomic mass is 19.4. The first kappa shape index (κ1) is 13.4. The first-order valence-corrected chi connectivity index (χ1v) is 5.41. The largest absolute Gasteiger partial charge is 0.434 e. The number of nitrogens with zero attached hydrogens (tertiary/aromatic N) is 2. The predicted molar refractivity (Wildman–Crippen MR) is 63.2 cm³/mol. The Morgan fingerprint density at radius 1 is 1.26 bits per heavy atom. The summed E-state index contributed by atoms with van der Waals surface area (Å²) in [6, 6.07) is 4.11. The molecule has 3 nitrogen and oxygen atoms in total. The molecular formula is C12H11F4N3. The maximum atomic E-state index is 13.6. The van der Waals surface area contributed by atoms with Gasteiger partial charge in [-0.25, -0.2) is 9.37 Å². The fourth-order valence-electron chi connectivity index (χ4n) is 1.73. The second-order valence-corrected chi connectivity index (χ2v) is 4.00. The van der Waals surface area contributed by atoms with Crippen molar-refractivity contribution < 1.29 is 17.6 Å². The Kier molecular flexibility index (Phi) is 3.21. The fourth-order valence-corrected chi connectivity index (χ4v) is 1.73. The van der Waals surface area contributed by atoms with E-state index in [-0.39, 0.29) is 17.1 Å². The van der Waals surface area contributed by atoms with Gasteiger partial charge in [-0.15, -0.1) is 0 Å². The lowest BCUT2D eigenvalue weighted by molar-refractivity contribution is -0.140. The maximum Gasteiger partial charge on any atom is 0.434 e. The second kappa shape index (κ2) is 4.56. The minimum atomic E-state index is -4.51. The van der Waals surface area contributed by atoms with Crippen molar-refractivity contribution >= 4 is 5.69 Å². The van der Waals surface area contributed by atoms with Crippen molar-refractivity contribution in [1.29, 1.82) is 0 Å². The van der Waals surface area contributed by atoms with Gasteiger partial charge in [-0.3, -0.25) is 0 Å². The van der Waals surface area contributed by atoms with E-state index in [1.165, 1.54) is 23.7 Å². The van der Waals surface area contributed by atoms with Gasteiger partial charge in [0.25, 0.3) is 0 Å². The van der Waals surface area contributed by atoms with Crippen LogP contribution in [0.15, 0.2) is 24.4 Å². The zero-order valence-corrected chi connectivity index (χ0v) is 10.2. The number of aromatic nitrogens is 2. The third-order valence-electron chi connectivity index (χ3n) is 2.66. The molecule has 1 N–H and O–H groups in total. The van der Waals surface area contributed by atoms with Crippen molar-refractivity contribution in [1.82, 2.24) is 9.55 Å². The zero-order valence-electron chi connectivity index (χ0n) is 10.2. The lowest BCUT2D eigenvalue weighted by Gasteiger charge is -2.05. The van der Waals surface area contributed by atoms with Crippen molar-refractivity contribution in [3.05, 3.63) is 35.9 Å². The first-order chi connectivity index (χ1) is 8.82. The predicted octanol–water partition coefficient (Wildman–Crippen LogP) is 3.29. The van der Waals surface area contributed by atoms with E-state index in [0.29, 0.717) is 0 Å². The number of nitrogens with one attached hydrogen (secondary N) is 1. The van der Waals surface area contributed by atoms with Gasteiger partial charge in [0.1, 0.15) is 11.6 Å². The van der Waals surface area contributed by atoms with Gasteiger partial charge < -0.3 is 9.88 Å². The van der Waals surface area contributed by atoms with Crippen molar-refractivity contribution in [3.63, 3.8) is 0 Å². The van der Waals surface area contributed by atoms with Gasteiger partial charge in [0.15, 0.2) is 5.69 Å². The minimum Gasteiger partial charge on any atom is -0.386 e. The van der Waals surface area contributed by atoms with Gasteiger partial charge in [0.05, 0.1) is 5.69 Å². The third kappa shape index (κ3) is 2.54. The van der Waals surface area contributed by atoms with E-state index in [9.17, 15) is 17.6 Å². The van der Waals surface area contributed by atoms with E-state index in [0.717, 1.165) is 12.3 Å². The summed E-state index contributed by atoms with van der Waals surface area (Å²) in [7, 11) is 2.99. The van der Waals surface area contributed by atoms with E-state index in [1.807, 2.05) is 0 Å². The number of imidazole rings is 1. The molecule has 0 fully saturated rings.